The van der Waals surface area contributed by atoms with Crippen molar-refractivity contribution in [3.63, 3.8) is 0 Å². The van der Waals surface area contributed by atoms with Crippen LogP contribution in [0, 0.1) is 12.7 Å². The van der Waals surface area contributed by atoms with Crippen molar-refractivity contribution in [3.05, 3.63) is 82.9 Å². The van der Waals surface area contributed by atoms with Crippen molar-refractivity contribution < 1.29 is 68.9 Å². The van der Waals surface area contributed by atoms with Gasteiger partial charge in [-0.05, 0) is 67.3 Å². The summed E-state index contributed by atoms with van der Waals surface area (Å²) in [6.45, 7) is 7.73. The molecule has 1 aromatic heterocycles. The van der Waals surface area contributed by atoms with Crippen LogP contribution in [0.25, 0.3) is 38.7 Å². The van der Waals surface area contributed by atoms with Gasteiger partial charge < -0.3 is 10.6 Å². The molecule has 9 heteroatoms. The molecule has 4 nitrogen and oxygen atoms in total. The molecule has 4 rings (SSSR count). The van der Waals surface area contributed by atoms with E-state index in [1.54, 1.807) is 24.3 Å². The van der Waals surface area contributed by atoms with Gasteiger partial charge in [0.05, 0.1) is 11.1 Å². The number of benzene rings is 3. The molecule has 4 aromatic rings. The summed E-state index contributed by atoms with van der Waals surface area (Å²) in [5.41, 5.74) is 1.94. The van der Waals surface area contributed by atoms with E-state index in [1.165, 1.54) is 0 Å². The SMILES string of the molecule is CC[N-]CCCC(C)Nc1nc(-c2cccc(-c3cc(F)cc(C(F)(F)F)c3)c2)nc2c(C)cccc12.[K+]. The largest absolute Gasteiger partial charge is 1.00 e. The fourth-order valence-corrected chi connectivity index (χ4v) is 4.27. The first kappa shape index (κ1) is 30.7. The Hall–Kier alpha value is -1.88. The van der Waals surface area contributed by atoms with E-state index in [9.17, 15) is 17.6 Å². The molecule has 0 bridgehead atoms. The number of anilines is 1. The summed E-state index contributed by atoms with van der Waals surface area (Å²) in [7, 11) is 0. The second-order valence-corrected chi connectivity index (χ2v) is 9.13. The Morgan fingerprint density at radius 3 is 2.42 bits per heavy atom. The molecule has 0 spiro atoms. The number of hydrogen-bond acceptors (Lipinski definition) is 3. The minimum atomic E-state index is -4.64. The minimum absolute atomic E-state index is 0. The van der Waals surface area contributed by atoms with Gasteiger partial charge in [-0.25, -0.2) is 14.4 Å². The van der Waals surface area contributed by atoms with Crippen molar-refractivity contribution in [3.8, 4) is 22.5 Å². The molecule has 38 heavy (non-hydrogen) atoms. The van der Waals surface area contributed by atoms with Crippen LogP contribution in [0.5, 0.6) is 0 Å². The van der Waals surface area contributed by atoms with Crippen molar-refractivity contribution in [1.82, 2.24) is 9.97 Å². The quantitative estimate of drug-likeness (QED) is 0.173. The number of nitrogens with zero attached hydrogens (tertiary/aromatic N) is 3. The predicted octanol–water partition coefficient (Wildman–Crippen LogP) is 5.41. The van der Waals surface area contributed by atoms with E-state index in [0.29, 0.717) is 28.8 Å². The van der Waals surface area contributed by atoms with E-state index < -0.39 is 17.6 Å². The van der Waals surface area contributed by atoms with Gasteiger partial charge >= 0.3 is 57.6 Å². The molecular formula is C29H29F4KN4. The molecule has 0 amide bonds. The molecule has 0 aliphatic rings. The third kappa shape index (κ3) is 7.61. The van der Waals surface area contributed by atoms with Crippen molar-refractivity contribution in [1.29, 1.82) is 0 Å². The second-order valence-electron chi connectivity index (χ2n) is 9.13. The molecule has 0 saturated carbocycles. The molecule has 1 atom stereocenters. The van der Waals surface area contributed by atoms with Gasteiger partial charge in [-0.2, -0.15) is 19.7 Å². The average Bonchev–Trinajstić information content (AvgIpc) is 2.86. The van der Waals surface area contributed by atoms with Crippen LogP contribution in [0.3, 0.4) is 0 Å². The number of aromatic nitrogens is 2. The van der Waals surface area contributed by atoms with Crippen LogP contribution >= 0.6 is 0 Å². The van der Waals surface area contributed by atoms with Gasteiger partial charge in [0, 0.05) is 17.0 Å². The van der Waals surface area contributed by atoms with Crippen molar-refractivity contribution in [2.24, 2.45) is 0 Å². The Balaban J connectivity index is 0.00000400. The average molecular weight is 549 g/mol. The van der Waals surface area contributed by atoms with Crippen molar-refractivity contribution in [2.45, 2.75) is 45.8 Å². The number of para-hydroxylation sites is 1. The van der Waals surface area contributed by atoms with Crippen molar-refractivity contribution in [2.75, 3.05) is 18.4 Å². The van der Waals surface area contributed by atoms with Crippen LogP contribution in [0.2, 0.25) is 0 Å². The standard InChI is InChI=1S/C29H29F4N4.K/c1-4-34-13-7-9-19(3)35-28-25-12-5-8-18(2)26(25)36-27(37-28)21-11-6-10-20(14-21)22-15-23(29(31,32)33)17-24(30)16-22;/h5-6,8,10-12,14-17,19H,4,7,9,13H2,1-3H3,(H,35,36,37);/q-1;+1. The predicted molar refractivity (Wildman–Crippen MR) is 141 cm³/mol. The molecule has 1 N–H and O–H groups in total. The van der Waals surface area contributed by atoms with Gasteiger partial charge in [0.25, 0.3) is 0 Å². The fourth-order valence-electron chi connectivity index (χ4n) is 4.27. The van der Waals surface area contributed by atoms with Crippen LogP contribution in [0.4, 0.5) is 23.4 Å². The third-order valence-electron chi connectivity index (χ3n) is 6.17. The topological polar surface area (TPSA) is 51.9 Å². The number of aryl methyl sites for hydroxylation is 1. The fraction of sp³-hybridized carbons (Fsp3) is 0.310. The van der Waals surface area contributed by atoms with Crippen LogP contribution in [0.15, 0.2) is 60.7 Å². The van der Waals surface area contributed by atoms with Crippen LogP contribution < -0.4 is 56.7 Å². The van der Waals surface area contributed by atoms with Crippen molar-refractivity contribution >= 4 is 16.7 Å². The summed E-state index contributed by atoms with van der Waals surface area (Å²) in [5, 5.41) is 8.79. The zero-order valence-electron chi connectivity index (χ0n) is 22.0. The molecule has 0 saturated heterocycles. The zero-order valence-corrected chi connectivity index (χ0v) is 25.2. The first-order valence-electron chi connectivity index (χ1n) is 12.3. The Bertz CT molecular complexity index is 1390. The smallest absolute Gasteiger partial charge is 0.662 e. The maximum atomic E-state index is 14.1. The normalized spacial score (nSPS) is 12.3. The van der Waals surface area contributed by atoms with Crippen LogP contribution in [-0.2, 0) is 6.18 Å². The zero-order chi connectivity index (χ0) is 26.6. The molecule has 1 unspecified atom stereocenters. The molecule has 3 aromatic carbocycles. The maximum absolute atomic E-state index is 14.1. The summed E-state index contributed by atoms with van der Waals surface area (Å²) in [6, 6.07) is 15.4. The summed E-state index contributed by atoms with van der Waals surface area (Å²) >= 11 is 0. The molecule has 0 fully saturated rings. The molecule has 0 radical (unpaired) electrons. The summed E-state index contributed by atoms with van der Waals surface area (Å²) in [6.07, 6.45) is -2.76. The Morgan fingerprint density at radius 1 is 0.947 bits per heavy atom. The summed E-state index contributed by atoms with van der Waals surface area (Å²) in [5.74, 6) is 0.186. The molecule has 1 heterocycles. The Kier molecular flexibility index (Phi) is 10.9. The number of nitrogens with one attached hydrogen (secondary N) is 1. The van der Waals surface area contributed by atoms with Gasteiger partial charge in [-0.3, -0.25) is 0 Å². The van der Waals surface area contributed by atoms with E-state index in [4.69, 9.17) is 9.97 Å². The molecular weight excluding hydrogens is 519 g/mol. The molecule has 0 aliphatic heterocycles. The van der Waals surface area contributed by atoms with Gasteiger partial charge in [-0.15, -0.1) is 6.54 Å². The number of alkyl halides is 3. The number of hydrogen-bond donors (Lipinski definition) is 1. The first-order valence-corrected chi connectivity index (χ1v) is 12.3. The van der Waals surface area contributed by atoms with E-state index >= 15 is 0 Å². The summed E-state index contributed by atoms with van der Waals surface area (Å²) in [4.78, 5) is 9.59. The third-order valence-corrected chi connectivity index (χ3v) is 6.17. The van der Waals surface area contributed by atoms with E-state index in [0.717, 1.165) is 54.5 Å². The summed E-state index contributed by atoms with van der Waals surface area (Å²) < 4.78 is 53.8. The number of halogens is 4. The van der Waals surface area contributed by atoms with Gasteiger partial charge in [0.2, 0.25) is 0 Å². The minimum Gasteiger partial charge on any atom is -0.662 e. The van der Waals surface area contributed by atoms with Gasteiger partial charge in [0.15, 0.2) is 5.82 Å². The number of fused-ring (bicyclic) bond motifs is 1. The van der Waals surface area contributed by atoms with Crippen LogP contribution in [0.1, 0.15) is 37.8 Å². The Labute approximate surface area is 263 Å². The first-order chi connectivity index (χ1) is 17.7. The monoisotopic (exact) mass is 548 g/mol. The van der Waals surface area contributed by atoms with E-state index in [1.807, 2.05) is 32.0 Å². The Morgan fingerprint density at radius 2 is 1.68 bits per heavy atom. The van der Waals surface area contributed by atoms with Gasteiger partial charge in [0.1, 0.15) is 11.6 Å². The van der Waals surface area contributed by atoms with Crippen LogP contribution in [-0.4, -0.2) is 29.1 Å². The molecule has 194 valence electrons. The molecule has 0 aliphatic carbocycles. The van der Waals surface area contributed by atoms with E-state index in [2.05, 4.69) is 17.6 Å². The van der Waals surface area contributed by atoms with E-state index in [-0.39, 0.29) is 63.0 Å². The maximum Gasteiger partial charge on any atom is 1.00 e. The second kappa shape index (κ2) is 13.5. The number of rotatable bonds is 9. The van der Waals surface area contributed by atoms with Gasteiger partial charge in [-0.1, -0.05) is 43.7 Å².